The minimum atomic E-state index is 0.0353. The number of nitrogens with one attached hydrogen (secondary N) is 1. The molecule has 0 heterocycles. The summed E-state index contributed by atoms with van der Waals surface area (Å²) >= 11 is 0. The van der Waals surface area contributed by atoms with E-state index in [1.165, 1.54) is 0 Å². The summed E-state index contributed by atoms with van der Waals surface area (Å²) in [5.41, 5.74) is 0.756. The van der Waals surface area contributed by atoms with Crippen molar-refractivity contribution in [1.29, 1.82) is 0 Å². The van der Waals surface area contributed by atoms with Crippen LogP contribution in [-0.2, 0) is 4.79 Å². The van der Waals surface area contributed by atoms with E-state index in [1.807, 2.05) is 31.2 Å². The third-order valence-corrected chi connectivity index (χ3v) is 2.21. The molecule has 94 valence electrons. The predicted molar refractivity (Wildman–Crippen MR) is 70.3 cm³/mol. The van der Waals surface area contributed by atoms with Crippen LogP contribution >= 0.6 is 0 Å². The van der Waals surface area contributed by atoms with Crippen LogP contribution in [0.5, 0.6) is 5.75 Å². The van der Waals surface area contributed by atoms with Crippen LogP contribution in [0.25, 0.3) is 0 Å². The van der Waals surface area contributed by atoms with Gasteiger partial charge in [-0.3, -0.25) is 4.79 Å². The lowest BCUT2D eigenvalue weighted by molar-refractivity contribution is -0.116. The third kappa shape index (κ3) is 4.89. The number of hydrogen-bond donors (Lipinski definition) is 1. The molecule has 3 nitrogen and oxygen atoms in total. The lowest BCUT2D eigenvalue weighted by Gasteiger charge is -2.13. The van der Waals surface area contributed by atoms with Crippen LogP contribution in [0.1, 0.15) is 33.6 Å². The van der Waals surface area contributed by atoms with Crippen molar-refractivity contribution in [3.8, 4) is 5.75 Å². The molecule has 1 rings (SSSR count). The molecule has 0 spiro atoms. The van der Waals surface area contributed by atoms with Crippen molar-refractivity contribution in [2.24, 2.45) is 5.92 Å². The summed E-state index contributed by atoms with van der Waals surface area (Å²) in [4.78, 5) is 11.5. The molecule has 1 aromatic carbocycles. The Labute approximate surface area is 103 Å². The Kier molecular flexibility index (Phi) is 5.53. The molecule has 17 heavy (non-hydrogen) atoms. The van der Waals surface area contributed by atoms with Gasteiger partial charge in [0.2, 0.25) is 5.91 Å². The van der Waals surface area contributed by atoms with Crippen LogP contribution in [-0.4, -0.2) is 12.5 Å². The van der Waals surface area contributed by atoms with Gasteiger partial charge in [0, 0.05) is 6.42 Å². The molecule has 0 unspecified atom stereocenters. The number of benzene rings is 1. The van der Waals surface area contributed by atoms with Crippen LogP contribution in [0.3, 0.4) is 0 Å². The van der Waals surface area contributed by atoms with Gasteiger partial charge in [0.15, 0.2) is 0 Å². The van der Waals surface area contributed by atoms with E-state index in [4.69, 9.17) is 4.74 Å². The molecule has 1 N–H and O–H groups in total. The van der Waals surface area contributed by atoms with Crippen LogP contribution in [0.4, 0.5) is 5.69 Å². The summed E-state index contributed by atoms with van der Waals surface area (Å²) in [6, 6.07) is 7.54. The fraction of sp³-hybridized carbons (Fsp3) is 0.500. The van der Waals surface area contributed by atoms with Gasteiger partial charge >= 0.3 is 0 Å². The summed E-state index contributed by atoms with van der Waals surface area (Å²) in [6.07, 6.45) is 1.39. The van der Waals surface area contributed by atoms with E-state index in [1.54, 1.807) is 0 Å². The predicted octanol–water partition coefficient (Wildman–Crippen LogP) is 3.46. The van der Waals surface area contributed by atoms with Gasteiger partial charge in [0.25, 0.3) is 0 Å². The maximum absolute atomic E-state index is 11.5. The first-order chi connectivity index (χ1) is 8.13. The molecule has 1 aromatic rings. The molecule has 0 aliphatic carbocycles. The van der Waals surface area contributed by atoms with Crippen molar-refractivity contribution < 1.29 is 9.53 Å². The van der Waals surface area contributed by atoms with Crippen molar-refractivity contribution in [3.63, 3.8) is 0 Å². The minimum absolute atomic E-state index is 0.0353. The largest absolute Gasteiger partial charge is 0.491 e. The van der Waals surface area contributed by atoms with Gasteiger partial charge in [-0.25, -0.2) is 0 Å². The Balaban J connectivity index is 2.67. The Bertz CT molecular complexity index is 361. The molecular formula is C14H21NO2. The van der Waals surface area contributed by atoms with Gasteiger partial charge < -0.3 is 10.1 Å². The Morgan fingerprint density at radius 3 is 2.71 bits per heavy atom. The third-order valence-electron chi connectivity index (χ3n) is 2.21. The normalized spacial score (nSPS) is 10.4. The molecular weight excluding hydrogens is 214 g/mol. The quantitative estimate of drug-likeness (QED) is 0.820. The summed E-state index contributed by atoms with van der Waals surface area (Å²) in [6.45, 7) is 6.83. The first-order valence-electron chi connectivity index (χ1n) is 6.15. The number of para-hydroxylation sites is 2. The minimum Gasteiger partial charge on any atom is -0.491 e. The van der Waals surface area contributed by atoms with Crippen molar-refractivity contribution in [1.82, 2.24) is 0 Å². The van der Waals surface area contributed by atoms with E-state index in [0.29, 0.717) is 18.9 Å². The molecule has 0 bridgehead atoms. The lowest BCUT2D eigenvalue weighted by Crippen LogP contribution is -2.13. The van der Waals surface area contributed by atoms with Crippen molar-refractivity contribution in [3.05, 3.63) is 24.3 Å². The summed E-state index contributed by atoms with van der Waals surface area (Å²) in [7, 11) is 0. The number of anilines is 1. The van der Waals surface area contributed by atoms with Crippen LogP contribution in [0.2, 0.25) is 0 Å². The van der Waals surface area contributed by atoms with E-state index >= 15 is 0 Å². The number of amides is 1. The topological polar surface area (TPSA) is 38.3 Å². The maximum atomic E-state index is 11.5. The van der Waals surface area contributed by atoms with Crippen LogP contribution in [0, 0.1) is 5.92 Å². The van der Waals surface area contributed by atoms with Crippen molar-refractivity contribution >= 4 is 11.6 Å². The lowest BCUT2D eigenvalue weighted by atomic mass is 10.2. The van der Waals surface area contributed by atoms with Gasteiger partial charge in [-0.15, -0.1) is 0 Å². The van der Waals surface area contributed by atoms with Crippen LogP contribution < -0.4 is 10.1 Å². The number of hydrogen-bond acceptors (Lipinski definition) is 2. The molecule has 0 atom stereocenters. The van der Waals surface area contributed by atoms with E-state index in [0.717, 1.165) is 17.9 Å². The average molecular weight is 235 g/mol. The maximum Gasteiger partial charge on any atom is 0.224 e. The van der Waals surface area contributed by atoms with E-state index < -0.39 is 0 Å². The highest BCUT2D eigenvalue weighted by Crippen LogP contribution is 2.24. The highest BCUT2D eigenvalue weighted by Gasteiger charge is 2.07. The monoisotopic (exact) mass is 235 g/mol. The summed E-state index contributed by atoms with van der Waals surface area (Å²) in [5.74, 6) is 1.24. The second kappa shape index (κ2) is 6.94. The highest BCUT2D eigenvalue weighted by atomic mass is 16.5. The zero-order valence-electron chi connectivity index (χ0n) is 10.8. The number of carbonyl (C=O) groups is 1. The summed E-state index contributed by atoms with van der Waals surface area (Å²) in [5, 5.41) is 2.87. The second-order valence-electron chi connectivity index (χ2n) is 4.50. The van der Waals surface area contributed by atoms with E-state index in [2.05, 4.69) is 19.2 Å². The zero-order valence-corrected chi connectivity index (χ0v) is 10.8. The smallest absolute Gasteiger partial charge is 0.224 e. The van der Waals surface area contributed by atoms with Crippen molar-refractivity contribution in [2.75, 3.05) is 11.9 Å². The van der Waals surface area contributed by atoms with Gasteiger partial charge in [0.1, 0.15) is 5.75 Å². The highest BCUT2D eigenvalue weighted by molar-refractivity contribution is 5.92. The van der Waals surface area contributed by atoms with Gasteiger partial charge in [-0.2, -0.15) is 0 Å². The molecule has 3 heteroatoms. The molecule has 0 aliphatic rings. The van der Waals surface area contributed by atoms with Gasteiger partial charge in [-0.1, -0.05) is 32.9 Å². The number of rotatable bonds is 6. The first-order valence-corrected chi connectivity index (χ1v) is 6.15. The van der Waals surface area contributed by atoms with Crippen LogP contribution in [0.15, 0.2) is 24.3 Å². The standard InChI is InChI=1S/C14H21NO2/c1-4-7-14(16)15-12-8-5-6-9-13(12)17-10-11(2)3/h5-6,8-9,11H,4,7,10H2,1-3H3,(H,15,16). The fourth-order valence-electron chi connectivity index (χ4n) is 1.39. The SMILES string of the molecule is CCCC(=O)Nc1ccccc1OCC(C)C. The van der Waals surface area contributed by atoms with Gasteiger partial charge in [0.05, 0.1) is 12.3 Å². The van der Waals surface area contributed by atoms with E-state index in [9.17, 15) is 4.79 Å². The number of carbonyl (C=O) groups excluding carboxylic acids is 1. The fourth-order valence-corrected chi connectivity index (χ4v) is 1.39. The average Bonchev–Trinajstić information content (AvgIpc) is 2.28. The molecule has 0 saturated heterocycles. The molecule has 0 aromatic heterocycles. The Morgan fingerprint density at radius 2 is 2.06 bits per heavy atom. The Hall–Kier alpha value is -1.51. The van der Waals surface area contributed by atoms with Gasteiger partial charge in [-0.05, 0) is 24.5 Å². The summed E-state index contributed by atoms with van der Waals surface area (Å²) < 4.78 is 5.66. The molecule has 0 saturated carbocycles. The molecule has 0 fully saturated rings. The Morgan fingerprint density at radius 1 is 1.35 bits per heavy atom. The molecule has 1 amide bonds. The zero-order chi connectivity index (χ0) is 12.7. The van der Waals surface area contributed by atoms with E-state index in [-0.39, 0.29) is 5.91 Å². The molecule has 0 aliphatic heterocycles. The molecule has 0 radical (unpaired) electrons. The first kappa shape index (κ1) is 13.6. The second-order valence-corrected chi connectivity index (χ2v) is 4.50. The van der Waals surface area contributed by atoms with Crippen molar-refractivity contribution in [2.45, 2.75) is 33.6 Å². The number of ether oxygens (including phenoxy) is 1.